The summed E-state index contributed by atoms with van der Waals surface area (Å²) in [5, 5.41) is 16.4. The predicted molar refractivity (Wildman–Crippen MR) is 157 cm³/mol. The second kappa shape index (κ2) is 9.35. The Morgan fingerprint density at radius 3 is 2.64 bits per heavy atom. The van der Waals surface area contributed by atoms with E-state index in [0.29, 0.717) is 24.6 Å². The van der Waals surface area contributed by atoms with Gasteiger partial charge in [0, 0.05) is 55.0 Å². The SMILES string of the molecule is Cc1cccc2cc(O)cc(-c3cnc4c(N5CC6CCC(C5)N6)cc(OCC5(CN(C)C)CC5)nc4c3)c12. The number of nitrogens with one attached hydrogen (secondary N) is 1. The number of aromatic hydroxyl groups is 1. The van der Waals surface area contributed by atoms with E-state index in [9.17, 15) is 5.11 Å². The van der Waals surface area contributed by atoms with Gasteiger partial charge in [-0.1, -0.05) is 18.2 Å². The minimum absolute atomic E-state index is 0.229. The van der Waals surface area contributed by atoms with Crippen LogP contribution in [-0.4, -0.2) is 72.4 Å². The topological polar surface area (TPSA) is 73.8 Å². The fourth-order valence-electron chi connectivity index (χ4n) is 6.78. The maximum absolute atomic E-state index is 10.5. The third-order valence-corrected chi connectivity index (χ3v) is 8.77. The van der Waals surface area contributed by atoms with Crippen LogP contribution in [0.25, 0.3) is 32.9 Å². The normalized spacial score (nSPS) is 21.7. The molecule has 4 aromatic rings. The van der Waals surface area contributed by atoms with E-state index in [-0.39, 0.29) is 11.2 Å². The molecule has 7 rings (SSSR count). The van der Waals surface area contributed by atoms with Crippen molar-refractivity contribution in [3.63, 3.8) is 0 Å². The van der Waals surface area contributed by atoms with Crippen molar-refractivity contribution >= 4 is 27.5 Å². The molecule has 2 aromatic carbocycles. The van der Waals surface area contributed by atoms with Crippen LogP contribution in [0.3, 0.4) is 0 Å². The molecule has 0 amide bonds. The van der Waals surface area contributed by atoms with Crippen molar-refractivity contribution in [3.8, 4) is 22.8 Å². The minimum Gasteiger partial charge on any atom is -0.508 e. The number of phenols is 1. The Hall–Kier alpha value is -3.42. The van der Waals surface area contributed by atoms with Gasteiger partial charge in [0.25, 0.3) is 0 Å². The molecule has 0 spiro atoms. The van der Waals surface area contributed by atoms with Crippen LogP contribution in [0.5, 0.6) is 11.6 Å². The Morgan fingerprint density at radius 1 is 1.10 bits per heavy atom. The lowest BCUT2D eigenvalue weighted by molar-refractivity contribution is 0.189. The molecule has 7 nitrogen and oxygen atoms in total. The molecule has 2 bridgehead atoms. The molecule has 0 radical (unpaired) electrons. The van der Waals surface area contributed by atoms with Gasteiger partial charge in [-0.05, 0) is 86.8 Å². The zero-order chi connectivity index (χ0) is 26.7. The highest BCUT2D eigenvalue weighted by molar-refractivity contribution is 6.01. The Morgan fingerprint density at radius 2 is 1.90 bits per heavy atom. The summed E-state index contributed by atoms with van der Waals surface area (Å²) in [6.45, 7) is 5.77. The van der Waals surface area contributed by atoms with Crippen molar-refractivity contribution in [2.45, 2.75) is 44.7 Å². The molecule has 1 aliphatic carbocycles. The van der Waals surface area contributed by atoms with Gasteiger partial charge in [0.2, 0.25) is 5.88 Å². The number of anilines is 1. The average molecular weight is 524 g/mol. The summed E-state index contributed by atoms with van der Waals surface area (Å²) in [6, 6.07) is 15.1. The lowest BCUT2D eigenvalue weighted by Crippen LogP contribution is -2.51. The summed E-state index contributed by atoms with van der Waals surface area (Å²) in [6.07, 6.45) is 6.77. The lowest BCUT2D eigenvalue weighted by Gasteiger charge is -2.35. The number of aromatic nitrogens is 2. The van der Waals surface area contributed by atoms with E-state index < -0.39 is 0 Å². The smallest absolute Gasteiger partial charge is 0.216 e. The van der Waals surface area contributed by atoms with E-state index in [2.05, 4.69) is 54.3 Å². The highest BCUT2D eigenvalue weighted by atomic mass is 16.5. The van der Waals surface area contributed by atoms with Gasteiger partial charge in [0.05, 0.1) is 17.8 Å². The number of hydrogen-bond acceptors (Lipinski definition) is 7. The first-order valence-corrected chi connectivity index (χ1v) is 14.2. The van der Waals surface area contributed by atoms with Gasteiger partial charge in [0.15, 0.2) is 0 Å². The standard InChI is InChI=1S/C32H37N5O2/c1-20-5-4-6-21-11-25(38)13-26(30(20)21)22-12-27-31(33-15-22)28(37-16-23-7-8-24(17-37)34-23)14-29(35-27)39-19-32(9-10-32)18-36(2)3/h4-6,11-15,23-24,34,38H,7-10,16-19H2,1-3H3. The van der Waals surface area contributed by atoms with E-state index in [1.165, 1.54) is 31.2 Å². The number of ether oxygens (including phenoxy) is 1. The highest BCUT2D eigenvalue weighted by Gasteiger charge is 2.44. The van der Waals surface area contributed by atoms with Crippen molar-refractivity contribution < 1.29 is 9.84 Å². The van der Waals surface area contributed by atoms with Crippen molar-refractivity contribution in [1.82, 2.24) is 20.2 Å². The average Bonchev–Trinajstić information content (AvgIpc) is 3.59. The number of benzene rings is 2. The molecule has 3 fully saturated rings. The van der Waals surface area contributed by atoms with E-state index in [1.54, 1.807) is 0 Å². The number of aryl methyl sites for hydroxylation is 1. The van der Waals surface area contributed by atoms with Gasteiger partial charge >= 0.3 is 0 Å². The second-order valence-corrected chi connectivity index (χ2v) is 12.3. The predicted octanol–water partition coefficient (Wildman–Crippen LogP) is 5.13. The van der Waals surface area contributed by atoms with Crippen LogP contribution in [0.15, 0.2) is 48.7 Å². The minimum atomic E-state index is 0.229. The first-order chi connectivity index (χ1) is 18.9. The van der Waals surface area contributed by atoms with Crippen LogP contribution >= 0.6 is 0 Å². The summed E-state index contributed by atoms with van der Waals surface area (Å²) in [5.41, 5.74) is 6.15. The number of pyridine rings is 2. The second-order valence-electron chi connectivity index (χ2n) is 12.3. The Bertz CT molecular complexity index is 1550. The highest BCUT2D eigenvalue weighted by Crippen LogP contribution is 2.46. The fraction of sp³-hybridized carbons (Fsp3) is 0.438. The van der Waals surface area contributed by atoms with Gasteiger partial charge in [-0.3, -0.25) is 4.98 Å². The molecule has 3 aliphatic rings. The zero-order valence-corrected chi connectivity index (χ0v) is 23.1. The molecule has 2 aliphatic heterocycles. The van der Waals surface area contributed by atoms with E-state index >= 15 is 0 Å². The van der Waals surface area contributed by atoms with Crippen LogP contribution in [0.4, 0.5) is 5.69 Å². The third kappa shape index (κ3) is 4.68. The lowest BCUT2D eigenvalue weighted by atomic mass is 9.95. The summed E-state index contributed by atoms with van der Waals surface area (Å²) < 4.78 is 6.45. The van der Waals surface area contributed by atoms with Gasteiger partial charge in [-0.25, -0.2) is 4.98 Å². The molecular weight excluding hydrogens is 486 g/mol. The van der Waals surface area contributed by atoms with Crippen LogP contribution in [-0.2, 0) is 0 Å². The molecule has 2 N–H and O–H groups in total. The molecular formula is C32H37N5O2. The molecule has 2 saturated heterocycles. The van der Waals surface area contributed by atoms with Gasteiger partial charge < -0.3 is 25.0 Å². The Kier molecular flexibility index (Phi) is 5.90. The van der Waals surface area contributed by atoms with Crippen LogP contribution < -0.4 is 15.0 Å². The molecule has 2 atom stereocenters. The Balaban J connectivity index is 1.32. The number of piperazine rings is 1. The van der Waals surface area contributed by atoms with Crippen molar-refractivity contribution in [3.05, 3.63) is 54.2 Å². The van der Waals surface area contributed by atoms with Crippen LogP contribution in [0.1, 0.15) is 31.2 Å². The molecule has 2 aromatic heterocycles. The number of nitrogens with zero attached hydrogens (tertiary/aromatic N) is 4. The maximum atomic E-state index is 10.5. The molecule has 4 heterocycles. The number of fused-ring (bicyclic) bond motifs is 4. The number of rotatable bonds is 7. The summed E-state index contributed by atoms with van der Waals surface area (Å²) in [7, 11) is 4.26. The maximum Gasteiger partial charge on any atom is 0.216 e. The van der Waals surface area contributed by atoms with Gasteiger partial charge in [0.1, 0.15) is 11.3 Å². The van der Waals surface area contributed by atoms with Crippen LogP contribution in [0, 0.1) is 12.3 Å². The molecule has 202 valence electrons. The van der Waals surface area contributed by atoms with E-state index in [0.717, 1.165) is 58.3 Å². The molecule has 1 saturated carbocycles. The summed E-state index contributed by atoms with van der Waals surface area (Å²) in [5.74, 6) is 0.921. The Labute approximate surface area is 229 Å². The first-order valence-electron chi connectivity index (χ1n) is 14.2. The fourth-order valence-corrected chi connectivity index (χ4v) is 6.78. The van der Waals surface area contributed by atoms with Gasteiger partial charge in [-0.2, -0.15) is 0 Å². The quantitative estimate of drug-likeness (QED) is 0.348. The molecule has 39 heavy (non-hydrogen) atoms. The van der Waals surface area contributed by atoms with E-state index in [4.69, 9.17) is 14.7 Å². The molecule has 7 heteroatoms. The summed E-state index contributed by atoms with van der Waals surface area (Å²) in [4.78, 5) is 14.7. The summed E-state index contributed by atoms with van der Waals surface area (Å²) >= 11 is 0. The van der Waals surface area contributed by atoms with Crippen molar-refractivity contribution in [2.24, 2.45) is 5.41 Å². The zero-order valence-electron chi connectivity index (χ0n) is 23.1. The van der Waals surface area contributed by atoms with Crippen molar-refractivity contribution in [1.29, 1.82) is 0 Å². The third-order valence-electron chi connectivity index (χ3n) is 8.77. The largest absolute Gasteiger partial charge is 0.508 e. The van der Waals surface area contributed by atoms with Gasteiger partial charge in [-0.15, -0.1) is 0 Å². The van der Waals surface area contributed by atoms with Crippen LogP contribution in [0.2, 0.25) is 0 Å². The molecule has 2 unspecified atom stereocenters. The first kappa shape index (κ1) is 24.6. The monoisotopic (exact) mass is 523 g/mol. The van der Waals surface area contributed by atoms with E-state index in [1.807, 2.05) is 30.5 Å². The number of hydrogen-bond donors (Lipinski definition) is 2. The van der Waals surface area contributed by atoms with Crippen molar-refractivity contribution in [2.75, 3.05) is 45.2 Å². The number of phenolic OH excluding ortho intramolecular Hbond substituents is 1.